The van der Waals surface area contributed by atoms with Gasteiger partial charge >= 0.3 is 6.03 Å². The number of nitrogens with zero attached hydrogens (tertiary/aromatic N) is 1. The minimum Gasteiger partial charge on any atom is -0.508 e. The van der Waals surface area contributed by atoms with Crippen LogP contribution in [0.1, 0.15) is 75.8 Å². The van der Waals surface area contributed by atoms with E-state index in [9.17, 15) is 19.8 Å². The number of phenolic OH excluding ortho intramolecular Hbond substituents is 1. The summed E-state index contributed by atoms with van der Waals surface area (Å²) in [6, 6.07) is 4.76. The highest BCUT2D eigenvalue weighted by Crippen LogP contribution is 2.58. The monoisotopic (exact) mass is 455 g/mol. The third kappa shape index (κ3) is 3.46. The maximum absolute atomic E-state index is 12.9. The molecule has 0 aromatic heterocycles. The van der Waals surface area contributed by atoms with Crippen molar-refractivity contribution in [2.75, 3.05) is 13.1 Å². The SMILES string of the molecule is Cc1ccc(O)cc1[C@]12CCN(CC3CCCCC3)[C@H](C)[C@]1(O)CC[C@@]1(C2)NC(=O)NC1=O. The Kier molecular flexibility index (Phi) is 5.48. The third-order valence-corrected chi connectivity index (χ3v) is 9.40. The molecule has 0 unspecified atom stereocenters. The predicted molar refractivity (Wildman–Crippen MR) is 125 cm³/mol. The van der Waals surface area contributed by atoms with Gasteiger partial charge in [-0.15, -0.1) is 0 Å². The minimum atomic E-state index is -1.07. The van der Waals surface area contributed by atoms with Crippen LogP contribution in [0.4, 0.5) is 4.79 Å². The molecule has 0 bridgehead atoms. The molecule has 7 heteroatoms. The summed E-state index contributed by atoms with van der Waals surface area (Å²) in [6.07, 6.45) is 8.26. The topological polar surface area (TPSA) is 102 Å². The number of aromatic hydroxyl groups is 1. The van der Waals surface area contributed by atoms with E-state index >= 15 is 0 Å². The molecule has 0 radical (unpaired) electrons. The zero-order chi connectivity index (χ0) is 23.4. The number of rotatable bonds is 3. The van der Waals surface area contributed by atoms with Gasteiger partial charge in [0.1, 0.15) is 11.3 Å². The van der Waals surface area contributed by atoms with Gasteiger partial charge in [0.25, 0.3) is 5.91 Å². The molecule has 2 heterocycles. The number of amides is 3. The van der Waals surface area contributed by atoms with Crippen LogP contribution in [0.25, 0.3) is 0 Å². The Morgan fingerprint density at radius 1 is 1.12 bits per heavy atom. The van der Waals surface area contributed by atoms with E-state index in [2.05, 4.69) is 22.5 Å². The lowest BCUT2D eigenvalue weighted by Gasteiger charge is -2.63. The van der Waals surface area contributed by atoms with E-state index in [4.69, 9.17) is 0 Å². The maximum atomic E-state index is 12.9. The average Bonchev–Trinajstić information content (AvgIpc) is 3.07. The van der Waals surface area contributed by atoms with Crippen molar-refractivity contribution in [1.82, 2.24) is 15.5 Å². The lowest BCUT2D eigenvalue weighted by molar-refractivity contribution is -0.172. The molecule has 2 saturated heterocycles. The number of aryl methyl sites for hydroxylation is 1. The molecule has 180 valence electrons. The fourth-order valence-electron chi connectivity index (χ4n) is 7.51. The van der Waals surface area contributed by atoms with Gasteiger partial charge in [-0.2, -0.15) is 0 Å². The van der Waals surface area contributed by atoms with E-state index in [1.165, 1.54) is 32.1 Å². The van der Waals surface area contributed by atoms with Crippen molar-refractivity contribution < 1.29 is 19.8 Å². The summed E-state index contributed by atoms with van der Waals surface area (Å²) in [5.74, 6) is 0.530. The maximum Gasteiger partial charge on any atom is 0.322 e. The number of aliphatic hydroxyl groups is 1. The highest BCUT2D eigenvalue weighted by molar-refractivity contribution is 6.07. The third-order valence-electron chi connectivity index (χ3n) is 9.40. The lowest BCUT2D eigenvalue weighted by atomic mass is 9.49. The molecule has 4 fully saturated rings. The molecule has 5 rings (SSSR count). The van der Waals surface area contributed by atoms with Gasteiger partial charge < -0.3 is 15.5 Å². The van der Waals surface area contributed by atoms with E-state index in [-0.39, 0.29) is 17.7 Å². The highest BCUT2D eigenvalue weighted by atomic mass is 16.3. The molecule has 2 saturated carbocycles. The molecule has 4 N–H and O–H groups in total. The molecule has 1 aromatic carbocycles. The quantitative estimate of drug-likeness (QED) is 0.525. The number of carbonyl (C=O) groups is 2. The van der Waals surface area contributed by atoms with E-state index < -0.39 is 22.6 Å². The molecule has 3 amide bonds. The summed E-state index contributed by atoms with van der Waals surface area (Å²) in [6.45, 7) is 5.94. The van der Waals surface area contributed by atoms with Crippen molar-refractivity contribution in [3.63, 3.8) is 0 Å². The second kappa shape index (κ2) is 7.98. The second-order valence-corrected chi connectivity index (χ2v) is 11.1. The average molecular weight is 456 g/mol. The molecule has 7 nitrogen and oxygen atoms in total. The molecule has 1 spiro atoms. The number of carbonyl (C=O) groups excluding carboxylic acids is 2. The van der Waals surface area contributed by atoms with E-state index in [1.54, 1.807) is 12.1 Å². The Hall–Kier alpha value is -2.12. The molecular formula is C26H37N3O4. The first-order valence-electron chi connectivity index (χ1n) is 12.6. The Bertz CT molecular complexity index is 961. The van der Waals surface area contributed by atoms with Gasteiger partial charge in [-0.25, -0.2) is 4.79 Å². The number of piperidine rings is 1. The lowest BCUT2D eigenvalue weighted by Crippen LogP contribution is -2.73. The molecular weight excluding hydrogens is 418 g/mol. The number of phenols is 1. The van der Waals surface area contributed by atoms with Crippen molar-refractivity contribution in [3.05, 3.63) is 29.3 Å². The summed E-state index contributed by atoms with van der Waals surface area (Å²) in [4.78, 5) is 27.5. The van der Waals surface area contributed by atoms with Crippen LogP contribution in [0.3, 0.4) is 0 Å². The van der Waals surface area contributed by atoms with Crippen LogP contribution in [0, 0.1) is 12.8 Å². The van der Waals surface area contributed by atoms with Crippen molar-refractivity contribution in [2.24, 2.45) is 5.92 Å². The number of fused-ring (bicyclic) bond motifs is 1. The Labute approximate surface area is 195 Å². The summed E-state index contributed by atoms with van der Waals surface area (Å²) < 4.78 is 0. The fourth-order valence-corrected chi connectivity index (χ4v) is 7.51. The van der Waals surface area contributed by atoms with Crippen LogP contribution in [0.15, 0.2) is 18.2 Å². The van der Waals surface area contributed by atoms with Gasteiger partial charge in [0.2, 0.25) is 0 Å². The zero-order valence-corrected chi connectivity index (χ0v) is 19.8. The summed E-state index contributed by atoms with van der Waals surface area (Å²) >= 11 is 0. The van der Waals surface area contributed by atoms with E-state index in [1.807, 2.05) is 13.0 Å². The smallest absolute Gasteiger partial charge is 0.322 e. The van der Waals surface area contributed by atoms with Gasteiger partial charge in [0.05, 0.1) is 5.60 Å². The summed E-state index contributed by atoms with van der Waals surface area (Å²) in [5.41, 5.74) is -0.960. The highest BCUT2D eigenvalue weighted by Gasteiger charge is 2.67. The van der Waals surface area contributed by atoms with Crippen LogP contribution < -0.4 is 10.6 Å². The van der Waals surface area contributed by atoms with Gasteiger partial charge in [0.15, 0.2) is 0 Å². The first-order chi connectivity index (χ1) is 15.7. The van der Waals surface area contributed by atoms with Crippen molar-refractivity contribution in [2.45, 2.75) is 94.2 Å². The standard InChI is InChI=1S/C26H37N3O4/c1-17-8-9-20(30)14-21(17)24-12-13-29(15-19-6-4-3-5-7-19)18(2)26(24,33)11-10-25(16-24)22(31)27-23(32)28-25/h8-9,14,18-19,30,33H,3-7,10-13,15-16H2,1-2H3,(H2,27,28,31,32)/t18-,24-,25+,26-/m1/s1. The van der Waals surface area contributed by atoms with Crippen LogP contribution in [-0.4, -0.2) is 57.3 Å². The first-order valence-corrected chi connectivity index (χ1v) is 12.6. The van der Waals surface area contributed by atoms with Crippen molar-refractivity contribution in [3.8, 4) is 5.75 Å². The van der Waals surface area contributed by atoms with Gasteiger partial charge in [-0.1, -0.05) is 25.3 Å². The number of hydrogen-bond donors (Lipinski definition) is 4. The second-order valence-electron chi connectivity index (χ2n) is 11.1. The molecule has 2 aliphatic heterocycles. The number of nitrogens with one attached hydrogen (secondary N) is 2. The van der Waals surface area contributed by atoms with Crippen LogP contribution in [0.5, 0.6) is 5.75 Å². The van der Waals surface area contributed by atoms with Crippen LogP contribution >= 0.6 is 0 Å². The van der Waals surface area contributed by atoms with Crippen LogP contribution in [0.2, 0.25) is 0 Å². The summed E-state index contributed by atoms with van der Waals surface area (Å²) in [5, 5.41) is 28.2. The zero-order valence-electron chi connectivity index (χ0n) is 19.8. The Morgan fingerprint density at radius 2 is 1.88 bits per heavy atom. The number of imide groups is 1. The Balaban J connectivity index is 1.55. The van der Waals surface area contributed by atoms with Gasteiger partial charge in [-0.3, -0.25) is 15.0 Å². The Morgan fingerprint density at radius 3 is 2.58 bits per heavy atom. The molecule has 4 atom stereocenters. The number of hydrogen-bond acceptors (Lipinski definition) is 5. The minimum absolute atomic E-state index is 0.0903. The van der Waals surface area contributed by atoms with Crippen molar-refractivity contribution in [1.29, 1.82) is 0 Å². The largest absolute Gasteiger partial charge is 0.508 e. The molecule has 1 aromatic rings. The fraction of sp³-hybridized carbons (Fsp3) is 0.692. The number of likely N-dealkylation sites (tertiary alicyclic amines) is 1. The predicted octanol–water partition coefficient (Wildman–Crippen LogP) is 3.11. The summed E-state index contributed by atoms with van der Waals surface area (Å²) in [7, 11) is 0. The molecule has 33 heavy (non-hydrogen) atoms. The van der Waals surface area contributed by atoms with Crippen molar-refractivity contribution >= 4 is 11.9 Å². The molecule has 4 aliphatic rings. The number of benzene rings is 1. The number of urea groups is 1. The van der Waals surface area contributed by atoms with Crippen LogP contribution in [-0.2, 0) is 10.2 Å². The normalized spacial score (nSPS) is 37.6. The first kappa shape index (κ1) is 22.7. The van der Waals surface area contributed by atoms with Gasteiger partial charge in [-0.05, 0) is 88.1 Å². The van der Waals surface area contributed by atoms with Gasteiger partial charge in [0, 0.05) is 18.0 Å². The van der Waals surface area contributed by atoms with E-state index in [0.29, 0.717) is 31.6 Å². The molecule has 2 aliphatic carbocycles. The van der Waals surface area contributed by atoms with E-state index in [0.717, 1.165) is 24.2 Å².